The number of hydrogen-bond acceptors (Lipinski definition) is 2. The van der Waals surface area contributed by atoms with Gasteiger partial charge in [0.2, 0.25) is 0 Å². The van der Waals surface area contributed by atoms with Gasteiger partial charge < -0.3 is 5.73 Å². The Hall–Kier alpha value is -0.450. The lowest BCUT2D eigenvalue weighted by Gasteiger charge is -2.27. The maximum atomic E-state index is 13.6. The number of likely N-dealkylation sites (tertiary alicyclic amines) is 1. The van der Waals surface area contributed by atoms with Crippen LogP contribution in [0.5, 0.6) is 0 Å². The Labute approximate surface area is 109 Å². The van der Waals surface area contributed by atoms with Crippen molar-refractivity contribution >= 4 is 15.9 Å². The summed E-state index contributed by atoms with van der Waals surface area (Å²) in [6, 6.07) is 6.40. The third kappa shape index (κ3) is 2.14. The van der Waals surface area contributed by atoms with Gasteiger partial charge in [0.05, 0.1) is 10.5 Å². The molecule has 0 aromatic heterocycles. The molecule has 3 rings (SSSR count). The van der Waals surface area contributed by atoms with Gasteiger partial charge >= 0.3 is 0 Å². The first-order valence-electron chi connectivity index (χ1n) is 6.13. The SMILES string of the molecule is NC1CCN(C2CC2)C1c1ccc(Br)c(F)c1. The Morgan fingerprint density at radius 3 is 2.71 bits per heavy atom. The molecule has 2 atom stereocenters. The largest absolute Gasteiger partial charge is 0.326 e. The van der Waals surface area contributed by atoms with Crippen LogP contribution >= 0.6 is 15.9 Å². The Morgan fingerprint density at radius 1 is 1.29 bits per heavy atom. The van der Waals surface area contributed by atoms with Crippen molar-refractivity contribution in [3.05, 3.63) is 34.1 Å². The first kappa shape index (κ1) is 11.6. The molecule has 17 heavy (non-hydrogen) atoms. The second-order valence-corrected chi connectivity index (χ2v) is 5.89. The Kier molecular flexibility index (Phi) is 2.97. The Morgan fingerprint density at radius 2 is 2.06 bits per heavy atom. The molecule has 0 radical (unpaired) electrons. The standard InChI is InChI=1S/C13H16BrFN2/c14-10-4-1-8(7-11(10)15)13-12(16)5-6-17(13)9-2-3-9/h1,4,7,9,12-13H,2-3,5-6,16H2. The minimum atomic E-state index is -0.197. The van der Waals surface area contributed by atoms with Crippen LogP contribution in [-0.2, 0) is 0 Å². The second-order valence-electron chi connectivity index (χ2n) is 5.04. The minimum absolute atomic E-state index is 0.135. The first-order valence-corrected chi connectivity index (χ1v) is 6.92. The molecule has 0 bridgehead atoms. The summed E-state index contributed by atoms with van der Waals surface area (Å²) >= 11 is 3.19. The van der Waals surface area contributed by atoms with E-state index < -0.39 is 0 Å². The van der Waals surface area contributed by atoms with Gasteiger partial charge in [-0.2, -0.15) is 0 Å². The molecule has 2 N–H and O–H groups in total. The fourth-order valence-corrected chi connectivity index (χ4v) is 3.04. The predicted molar refractivity (Wildman–Crippen MR) is 69.2 cm³/mol. The van der Waals surface area contributed by atoms with Crippen molar-refractivity contribution in [2.45, 2.75) is 37.4 Å². The molecule has 2 fully saturated rings. The van der Waals surface area contributed by atoms with E-state index in [2.05, 4.69) is 20.8 Å². The third-order valence-electron chi connectivity index (χ3n) is 3.78. The average Bonchev–Trinajstić information content (AvgIpc) is 3.07. The predicted octanol–water partition coefficient (Wildman–Crippen LogP) is 2.82. The van der Waals surface area contributed by atoms with Crippen LogP contribution in [-0.4, -0.2) is 23.5 Å². The quantitative estimate of drug-likeness (QED) is 0.910. The fraction of sp³-hybridized carbons (Fsp3) is 0.538. The van der Waals surface area contributed by atoms with Gasteiger partial charge in [0.25, 0.3) is 0 Å². The summed E-state index contributed by atoms with van der Waals surface area (Å²) in [7, 11) is 0. The maximum Gasteiger partial charge on any atom is 0.137 e. The number of nitrogens with zero attached hydrogens (tertiary/aromatic N) is 1. The summed E-state index contributed by atoms with van der Waals surface area (Å²) in [4.78, 5) is 2.45. The summed E-state index contributed by atoms with van der Waals surface area (Å²) in [6.07, 6.45) is 3.54. The number of halogens is 2. The van der Waals surface area contributed by atoms with E-state index in [1.54, 1.807) is 12.1 Å². The molecular formula is C13H16BrFN2. The van der Waals surface area contributed by atoms with Gasteiger partial charge in [-0.1, -0.05) is 6.07 Å². The molecule has 0 amide bonds. The van der Waals surface area contributed by atoms with E-state index in [0.717, 1.165) is 18.5 Å². The van der Waals surface area contributed by atoms with Gasteiger partial charge in [0.1, 0.15) is 5.82 Å². The summed E-state index contributed by atoms with van der Waals surface area (Å²) in [5.41, 5.74) is 7.20. The van der Waals surface area contributed by atoms with E-state index in [1.807, 2.05) is 6.07 Å². The molecule has 1 heterocycles. The molecule has 1 saturated carbocycles. The molecule has 2 nitrogen and oxygen atoms in total. The molecule has 2 aliphatic rings. The smallest absolute Gasteiger partial charge is 0.137 e. The zero-order valence-electron chi connectivity index (χ0n) is 9.57. The van der Waals surface area contributed by atoms with Gasteiger partial charge in [-0.25, -0.2) is 4.39 Å². The molecule has 0 spiro atoms. The topological polar surface area (TPSA) is 29.3 Å². The maximum absolute atomic E-state index is 13.6. The van der Waals surface area contributed by atoms with Gasteiger partial charge in [-0.15, -0.1) is 0 Å². The number of benzene rings is 1. The molecule has 2 unspecified atom stereocenters. The molecule has 92 valence electrons. The van der Waals surface area contributed by atoms with E-state index in [0.29, 0.717) is 10.5 Å². The van der Waals surface area contributed by atoms with Crippen LogP contribution in [0.4, 0.5) is 4.39 Å². The number of nitrogens with two attached hydrogens (primary N) is 1. The second kappa shape index (κ2) is 4.34. The summed E-state index contributed by atoms with van der Waals surface area (Å²) < 4.78 is 14.1. The Balaban J connectivity index is 1.91. The monoisotopic (exact) mass is 298 g/mol. The van der Waals surface area contributed by atoms with Crippen LogP contribution in [0.3, 0.4) is 0 Å². The number of rotatable bonds is 2. The van der Waals surface area contributed by atoms with Crippen molar-refractivity contribution < 1.29 is 4.39 Å². The molecule has 1 aromatic rings. The van der Waals surface area contributed by atoms with E-state index >= 15 is 0 Å². The van der Waals surface area contributed by atoms with Crippen molar-refractivity contribution in [1.29, 1.82) is 0 Å². The Bertz CT molecular complexity index is 433. The molecule has 1 aliphatic heterocycles. The highest BCUT2D eigenvalue weighted by Gasteiger charge is 2.41. The molecule has 1 aromatic carbocycles. The van der Waals surface area contributed by atoms with E-state index in [4.69, 9.17) is 5.73 Å². The zero-order valence-corrected chi connectivity index (χ0v) is 11.2. The average molecular weight is 299 g/mol. The van der Waals surface area contributed by atoms with E-state index in [9.17, 15) is 4.39 Å². The number of hydrogen-bond donors (Lipinski definition) is 1. The molecule has 4 heteroatoms. The highest BCUT2D eigenvalue weighted by molar-refractivity contribution is 9.10. The highest BCUT2D eigenvalue weighted by atomic mass is 79.9. The summed E-state index contributed by atoms with van der Waals surface area (Å²) in [5.74, 6) is -0.197. The molecule has 1 saturated heterocycles. The third-order valence-corrected chi connectivity index (χ3v) is 4.43. The van der Waals surface area contributed by atoms with Gasteiger partial charge in [0.15, 0.2) is 0 Å². The van der Waals surface area contributed by atoms with E-state index in [-0.39, 0.29) is 17.9 Å². The molecular weight excluding hydrogens is 283 g/mol. The normalized spacial score (nSPS) is 29.8. The van der Waals surface area contributed by atoms with Crippen LogP contribution in [0.2, 0.25) is 0 Å². The van der Waals surface area contributed by atoms with Crippen molar-refractivity contribution in [1.82, 2.24) is 4.90 Å². The lowest BCUT2D eigenvalue weighted by Crippen LogP contribution is -2.33. The van der Waals surface area contributed by atoms with E-state index in [1.165, 1.54) is 12.8 Å². The van der Waals surface area contributed by atoms with Crippen LogP contribution in [0.25, 0.3) is 0 Å². The zero-order chi connectivity index (χ0) is 12.0. The van der Waals surface area contributed by atoms with Crippen LogP contribution in [0, 0.1) is 5.82 Å². The van der Waals surface area contributed by atoms with Gasteiger partial charge in [-0.3, -0.25) is 4.90 Å². The van der Waals surface area contributed by atoms with Crippen LogP contribution in [0.1, 0.15) is 30.9 Å². The lowest BCUT2D eigenvalue weighted by atomic mass is 10.0. The fourth-order valence-electron chi connectivity index (χ4n) is 2.79. The van der Waals surface area contributed by atoms with Crippen molar-refractivity contribution in [3.8, 4) is 0 Å². The van der Waals surface area contributed by atoms with Crippen molar-refractivity contribution in [3.63, 3.8) is 0 Å². The lowest BCUT2D eigenvalue weighted by molar-refractivity contribution is 0.237. The van der Waals surface area contributed by atoms with Gasteiger partial charge in [0, 0.05) is 18.6 Å². The van der Waals surface area contributed by atoms with Crippen molar-refractivity contribution in [2.75, 3.05) is 6.54 Å². The first-order chi connectivity index (χ1) is 8.16. The summed E-state index contributed by atoms with van der Waals surface area (Å²) in [6.45, 7) is 1.05. The van der Waals surface area contributed by atoms with Crippen LogP contribution < -0.4 is 5.73 Å². The highest BCUT2D eigenvalue weighted by Crippen LogP contribution is 2.40. The summed E-state index contributed by atoms with van der Waals surface area (Å²) in [5, 5.41) is 0. The minimum Gasteiger partial charge on any atom is -0.326 e. The molecule has 1 aliphatic carbocycles. The van der Waals surface area contributed by atoms with Crippen molar-refractivity contribution in [2.24, 2.45) is 5.73 Å². The van der Waals surface area contributed by atoms with Gasteiger partial charge in [-0.05, 0) is 52.9 Å². The van der Waals surface area contributed by atoms with Crippen LogP contribution in [0.15, 0.2) is 22.7 Å².